The maximum atomic E-state index is 10.6. The molecule has 0 aliphatic carbocycles. The van der Waals surface area contributed by atoms with Crippen LogP contribution in [0.25, 0.3) is 20.8 Å². The molecule has 3 rings (SSSR count). The molecule has 20 heavy (non-hydrogen) atoms. The molecule has 0 saturated heterocycles. The molecule has 5 heteroatoms. The van der Waals surface area contributed by atoms with Gasteiger partial charge in [0, 0.05) is 5.56 Å². The monoisotopic (exact) mass is 285 g/mol. The zero-order chi connectivity index (χ0) is 13.9. The van der Waals surface area contributed by atoms with Gasteiger partial charge in [-0.05, 0) is 12.1 Å². The molecule has 4 nitrogen and oxygen atoms in total. The van der Waals surface area contributed by atoms with E-state index >= 15 is 0 Å². The van der Waals surface area contributed by atoms with E-state index < -0.39 is 5.97 Å². The van der Waals surface area contributed by atoms with Crippen LogP contribution in [-0.2, 0) is 4.79 Å². The Morgan fingerprint density at radius 2 is 1.95 bits per heavy atom. The average molecular weight is 285 g/mol. The SMILES string of the molecule is O=C(O)COc1cccc2sc(-c3ccccc3)nc12. The molecule has 0 aliphatic heterocycles. The van der Waals surface area contributed by atoms with Gasteiger partial charge in [0.15, 0.2) is 6.61 Å². The second-order valence-electron chi connectivity index (χ2n) is 4.17. The Balaban J connectivity index is 2.02. The number of aliphatic carboxylic acids is 1. The summed E-state index contributed by atoms with van der Waals surface area (Å²) in [5.41, 5.74) is 1.75. The Labute approximate surface area is 119 Å². The van der Waals surface area contributed by atoms with E-state index in [1.165, 1.54) is 0 Å². The summed E-state index contributed by atoms with van der Waals surface area (Å²) in [6, 6.07) is 15.4. The predicted molar refractivity (Wildman–Crippen MR) is 78.2 cm³/mol. The van der Waals surface area contributed by atoms with Gasteiger partial charge in [-0.2, -0.15) is 0 Å². The molecule has 0 spiro atoms. The van der Waals surface area contributed by atoms with Crippen molar-refractivity contribution >= 4 is 27.5 Å². The molecule has 2 aromatic carbocycles. The van der Waals surface area contributed by atoms with Crippen molar-refractivity contribution < 1.29 is 14.6 Å². The number of fused-ring (bicyclic) bond motifs is 1. The molecular weight excluding hydrogens is 274 g/mol. The number of benzene rings is 2. The Morgan fingerprint density at radius 1 is 1.15 bits per heavy atom. The van der Waals surface area contributed by atoms with Crippen molar-refractivity contribution in [2.24, 2.45) is 0 Å². The highest BCUT2D eigenvalue weighted by atomic mass is 32.1. The van der Waals surface area contributed by atoms with Crippen molar-refractivity contribution in [3.8, 4) is 16.3 Å². The average Bonchev–Trinajstić information content (AvgIpc) is 2.90. The third-order valence-corrected chi connectivity index (χ3v) is 3.82. The van der Waals surface area contributed by atoms with E-state index in [0.29, 0.717) is 11.3 Å². The lowest BCUT2D eigenvalue weighted by atomic mass is 10.2. The lowest BCUT2D eigenvalue weighted by molar-refractivity contribution is -0.139. The van der Waals surface area contributed by atoms with Gasteiger partial charge in [0.25, 0.3) is 0 Å². The van der Waals surface area contributed by atoms with Gasteiger partial charge in [-0.15, -0.1) is 11.3 Å². The minimum Gasteiger partial charge on any atom is -0.480 e. The number of rotatable bonds is 4. The largest absolute Gasteiger partial charge is 0.480 e. The molecule has 0 saturated carbocycles. The highest BCUT2D eigenvalue weighted by Crippen LogP contribution is 2.34. The van der Waals surface area contributed by atoms with E-state index in [2.05, 4.69) is 4.98 Å². The zero-order valence-electron chi connectivity index (χ0n) is 10.4. The van der Waals surface area contributed by atoms with E-state index in [1.807, 2.05) is 42.5 Å². The summed E-state index contributed by atoms with van der Waals surface area (Å²) >= 11 is 1.56. The maximum Gasteiger partial charge on any atom is 0.341 e. The van der Waals surface area contributed by atoms with E-state index in [0.717, 1.165) is 15.3 Å². The van der Waals surface area contributed by atoms with Crippen molar-refractivity contribution in [3.05, 3.63) is 48.5 Å². The summed E-state index contributed by atoms with van der Waals surface area (Å²) in [4.78, 5) is 15.2. The molecule has 1 heterocycles. The molecule has 0 bridgehead atoms. The standard InChI is InChI=1S/C15H11NO3S/c17-13(18)9-19-11-7-4-8-12-14(11)16-15(20-12)10-5-2-1-3-6-10/h1-8H,9H2,(H,17,18). The third kappa shape index (κ3) is 2.48. The number of thiazole rings is 1. The van der Waals surface area contributed by atoms with Crippen LogP contribution in [0.15, 0.2) is 48.5 Å². The van der Waals surface area contributed by atoms with Crippen LogP contribution in [0, 0.1) is 0 Å². The van der Waals surface area contributed by atoms with E-state index in [9.17, 15) is 4.79 Å². The number of carbonyl (C=O) groups is 1. The van der Waals surface area contributed by atoms with Crippen LogP contribution in [0.5, 0.6) is 5.75 Å². The second-order valence-corrected chi connectivity index (χ2v) is 5.20. The normalized spacial score (nSPS) is 10.6. The molecule has 1 N–H and O–H groups in total. The van der Waals surface area contributed by atoms with E-state index in [-0.39, 0.29) is 6.61 Å². The van der Waals surface area contributed by atoms with Gasteiger partial charge >= 0.3 is 5.97 Å². The van der Waals surface area contributed by atoms with Crippen molar-refractivity contribution in [1.29, 1.82) is 0 Å². The molecule has 0 amide bonds. The molecule has 0 aliphatic rings. The van der Waals surface area contributed by atoms with Crippen LogP contribution in [0.3, 0.4) is 0 Å². The van der Waals surface area contributed by atoms with Crippen molar-refractivity contribution in [2.45, 2.75) is 0 Å². The van der Waals surface area contributed by atoms with Gasteiger partial charge in [0.1, 0.15) is 16.3 Å². The van der Waals surface area contributed by atoms with Crippen LogP contribution in [0.4, 0.5) is 0 Å². The number of hydrogen-bond donors (Lipinski definition) is 1. The van der Waals surface area contributed by atoms with E-state index in [1.54, 1.807) is 17.4 Å². The highest BCUT2D eigenvalue weighted by molar-refractivity contribution is 7.21. The van der Waals surface area contributed by atoms with Crippen LogP contribution in [-0.4, -0.2) is 22.7 Å². The summed E-state index contributed by atoms with van der Waals surface area (Å²) in [5.74, 6) is -0.496. The molecular formula is C15H11NO3S. The number of carboxylic acid groups (broad SMARTS) is 1. The Bertz CT molecular complexity index is 752. The van der Waals surface area contributed by atoms with Gasteiger partial charge in [0.2, 0.25) is 0 Å². The third-order valence-electron chi connectivity index (χ3n) is 2.75. The fraction of sp³-hybridized carbons (Fsp3) is 0.0667. The van der Waals surface area contributed by atoms with Crippen molar-refractivity contribution in [1.82, 2.24) is 4.98 Å². The summed E-state index contributed by atoms with van der Waals surface area (Å²) in [7, 11) is 0. The number of hydrogen-bond acceptors (Lipinski definition) is 4. The zero-order valence-corrected chi connectivity index (χ0v) is 11.3. The highest BCUT2D eigenvalue weighted by Gasteiger charge is 2.11. The first-order valence-corrected chi connectivity index (χ1v) is 6.85. The van der Waals surface area contributed by atoms with Crippen LogP contribution in [0.2, 0.25) is 0 Å². The number of ether oxygens (including phenoxy) is 1. The van der Waals surface area contributed by atoms with Gasteiger partial charge < -0.3 is 9.84 Å². The minimum absolute atomic E-state index is 0.364. The smallest absolute Gasteiger partial charge is 0.341 e. The van der Waals surface area contributed by atoms with Crippen molar-refractivity contribution in [2.75, 3.05) is 6.61 Å². The van der Waals surface area contributed by atoms with Gasteiger partial charge in [-0.3, -0.25) is 0 Å². The summed E-state index contributed by atoms with van der Waals surface area (Å²) in [6.07, 6.45) is 0. The number of carboxylic acids is 1. The molecule has 0 radical (unpaired) electrons. The Hall–Kier alpha value is -2.40. The fourth-order valence-electron chi connectivity index (χ4n) is 1.88. The first-order valence-electron chi connectivity index (χ1n) is 6.03. The summed E-state index contributed by atoms with van der Waals surface area (Å²) < 4.78 is 6.25. The van der Waals surface area contributed by atoms with Gasteiger partial charge in [0.05, 0.1) is 4.70 Å². The lowest BCUT2D eigenvalue weighted by Gasteiger charge is -2.02. The lowest BCUT2D eigenvalue weighted by Crippen LogP contribution is -2.09. The van der Waals surface area contributed by atoms with E-state index in [4.69, 9.17) is 9.84 Å². The summed E-state index contributed by atoms with van der Waals surface area (Å²) in [6.45, 7) is -0.364. The molecule has 0 unspecified atom stereocenters. The number of nitrogens with zero attached hydrogens (tertiary/aromatic N) is 1. The van der Waals surface area contributed by atoms with Gasteiger partial charge in [-0.25, -0.2) is 9.78 Å². The first-order chi connectivity index (χ1) is 9.74. The second kappa shape index (κ2) is 5.30. The molecule has 0 atom stereocenters. The molecule has 1 aromatic heterocycles. The van der Waals surface area contributed by atoms with Crippen LogP contribution in [0.1, 0.15) is 0 Å². The quantitative estimate of drug-likeness (QED) is 0.798. The number of para-hydroxylation sites is 1. The number of aromatic nitrogens is 1. The molecule has 0 fully saturated rings. The maximum absolute atomic E-state index is 10.6. The minimum atomic E-state index is -1.000. The first kappa shape index (κ1) is 12.6. The van der Waals surface area contributed by atoms with Crippen LogP contribution >= 0.6 is 11.3 Å². The Kier molecular flexibility index (Phi) is 3.35. The Morgan fingerprint density at radius 3 is 2.70 bits per heavy atom. The van der Waals surface area contributed by atoms with Crippen LogP contribution < -0.4 is 4.74 Å². The van der Waals surface area contributed by atoms with Gasteiger partial charge in [-0.1, -0.05) is 36.4 Å². The predicted octanol–water partition coefficient (Wildman–Crippen LogP) is 3.43. The molecule has 3 aromatic rings. The summed E-state index contributed by atoms with van der Waals surface area (Å²) in [5, 5.41) is 9.58. The topological polar surface area (TPSA) is 59.4 Å². The fourth-order valence-corrected chi connectivity index (χ4v) is 2.87. The van der Waals surface area contributed by atoms with Crippen molar-refractivity contribution in [3.63, 3.8) is 0 Å². The molecule has 100 valence electrons.